The van der Waals surface area contributed by atoms with E-state index in [0.717, 1.165) is 10.9 Å². The van der Waals surface area contributed by atoms with Crippen molar-refractivity contribution < 1.29 is 14.0 Å². The van der Waals surface area contributed by atoms with Crippen molar-refractivity contribution in [2.45, 2.75) is 21.3 Å². The van der Waals surface area contributed by atoms with Crippen molar-refractivity contribution in [1.29, 1.82) is 0 Å². The summed E-state index contributed by atoms with van der Waals surface area (Å²) in [5, 5.41) is 3.67. The number of hydrogen-bond donors (Lipinski definition) is 1. The molecule has 0 atom stereocenters. The lowest BCUT2D eigenvalue weighted by Gasteiger charge is -2.07. The standard InChI is InChI=1S/C18H15NO3.CH4/c1-11-9-14(7-8-15(11)12(2)20)19-18(21)17-10-13-5-3-4-6-16(13)22-17;/h3-10H,1-2H3,(H,19,21);1H4. The zero-order chi connectivity index (χ0) is 15.7. The van der Waals surface area contributed by atoms with Gasteiger partial charge in [0.1, 0.15) is 5.58 Å². The normalized spacial score (nSPS) is 10.2. The number of aryl methyl sites for hydroxylation is 1. The number of furan rings is 1. The lowest BCUT2D eigenvalue weighted by atomic mass is 10.0. The van der Waals surface area contributed by atoms with E-state index in [1.165, 1.54) is 6.92 Å². The second kappa shape index (κ2) is 6.48. The molecule has 23 heavy (non-hydrogen) atoms. The van der Waals surface area contributed by atoms with Gasteiger partial charge >= 0.3 is 0 Å². The van der Waals surface area contributed by atoms with Gasteiger partial charge < -0.3 is 9.73 Å². The summed E-state index contributed by atoms with van der Waals surface area (Å²) in [5.74, 6) is -0.0478. The summed E-state index contributed by atoms with van der Waals surface area (Å²) in [6.45, 7) is 3.36. The molecule has 1 aromatic heterocycles. The van der Waals surface area contributed by atoms with Gasteiger partial charge in [-0.3, -0.25) is 9.59 Å². The van der Waals surface area contributed by atoms with Crippen LogP contribution >= 0.6 is 0 Å². The van der Waals surface area contributed by atoms with Crippen LogP contribution in [0.4, 0.5) is 5.69 Å². The average Bonchev–Trinajstić information content (AvgIpc) is 2.91. The van der Waals surface area contributed by atoms with Crippen LogP contribution in [0.2, 0.25) is 0 Å². The van der Waals surface area contributed by atoms with Gasteiger partial charge in [0.15, 0.2) is 11.5 Å². The maximum absolute atomic E-state index is 12.2. The van der Waals surface area contributed by atoms with Gasteiger partial charge in [-0.25, -0.2) is 0 Å². The molecule has 0 aliphatic carbocycles. The van der Waals surface area contributed by atoms with E-state index in [9.17, 15) is 9.59 Å². The first kappa shape index (κ1) is 16.5. The first-order valence-electron chi connectivity index (χ1n) is 6.96. The van der Waals surface area contributed by atoms with E-state index in [0.29, 0.717) is 16.8 Å². The predicted molar refractivity (Wildman–Crippen MR) is 92.1 cm³/mol. The highest BCUT2D eigenvalue weighted by molar-refractivity contribution is 6.05. The molecular weight excluding hydrogens is 290 g/mol. The molecule has 0 saturated carbocycles. The van der Waals surface area contributed by atoms with Crippen molar-refractivity contribution >= 4 is 28.3 Å². The van der Waals surface area contributed by atoms with Gasteiger partial charge in [0.05, 0.1) is 0 Å². The molecule has 0 spiro atoms. The maximum atomic E-state index is 12.2. The molecular formula is C19H19NO3. The zero-order valence-corrected chi connectivity index (χ0v) is 12.3. The Morgan fingerprint density at radius 3 is 2.43 bits per heavy atom. The highest BCUT2D eigenvalue weighted by Gasteiger charge is 2.13. The second-order valence-electron chi connectivity index (χ2n) is 5.19. The zero-order valence-electron chi connectivity index (χ0n) is 12.3. The first-order chi connectivity index (χ1) is 10.5. The minimum atomic E-state index is -0.314. The van der Waals surface area contributed by atoms with Crippen molar-refractivity contribution in [1.82, 2.24) is 0 Å². The number of nitrogens with one attached hydrogen (secondary N) is 1. The molecule has 4 heteroatoms. The molecule has 0 unspecified atom stereocenters. The number of fused-ring (bicyclic) bond motifs is 1. The Morgan fingerprint density at radius 2 is 1.78 bits per heavy atom. The van der Waals surface area contributed by atoms with E-state index < -0.39 is 0 Å². The van der Waals surface area contributed by atoms with Gasteiger partial charge in [0, 0.05) is 16.6 Å². The van der Waals surface area contributed by atoms with E-state index in [1.54, 1.807) is 24.3 Å². The van der Waals surface area contributed by atoms with Crippen molar-refractivity contribution in [2.75, 3.05) is 5.32 Å². The SMILES string of the molecule is C.CC(=O)c1ccc(NC(=O)c2cc3ccccc3o2)cc1C. The number of benzene rings is 2. The number of rotatable bonds is 3. The highest BCUT2D eigenvalue weighted by Crippen LogP contribution is 2.21. The molecule has 1 N–H and O–H groups in total. The fraction of sp³-hybridized carbons (Fsp3) is 0.158. The van der Waals surface area contributed by atoms with Crippen molar-refractivity contribution in [3.8, 4) is 0 Å². The lowest BCUT2D eigenvalue weighted by molar-refractivity contribution is 0.0996. The predicted octanol–water partition coefficient (Wildman–Crippen LogP) is 4.83. The Bertz CT molecular complexity index is 844. The number of amides is 1. The molecule has 4 nitrogen and oxygen atoms in total. The third-order valence-electron chi connectivity index (χ3n) is 3.51. The Hall–Kier alpha value is -2.88. The third-order valence-corrected chi connectivity index (χ3v) is 3.51. The molecule has 0 aliphatic heterocycles. The van der Waals surface area contributed by atoms with Crippen LogP contribution in [0.15, 0.2) is 52.9 Å². The minimum Gasteiger partial charge on any atom is -0.451 e. The number of hydrogen-bond acceptors (Lipinski definition) is 3. The first-order valence-corrected chi connectivity index (χ1v) is 6.96. The van der Waals surface area contributed by atoms with E-state index in [-0.39, 0.29) is 24.9 Å². The van der Waals surface area contributed by atoms with Crippen LogP contribution in [0, 0.1) is 6.92 Å². The lowest BCUT2D eigenvalue weighted by Crippen LogP contribution is -2.11. The van der Waals surface area contributed by atoms with E-state index in [1.807, 2.05) is 31.2 Å². The number of carbonyl (C=O) groups excluding carboxylic acids is 2. The molecule has 118 valence electrons. The van der Waals surface area contributed by atoms with Crippen LogP contribution in [-0.4, -0.2) is 11.7 Å². The third kappa shape index (κ3) is 3.31. The summed E-state index contributed by atoms with van der Waals surface area (Å²) in [4.78, 5) is 23.7. The Labute approximate surface area is 135 Å². The van der Waals surface area contributed by atoms with Gasteiger partial charge in [-0.2, -0.15) is 0 Å². The maximum Gasteiger partial charge on any atom is 0.291 e. The quantitative estimate of drug-likeness (QED) is 0.705. The fourth-order valence-corrected chi connectivity index (χ4v) is 2.42. The molecule has 0 bridgehead atoms. The number of anilines is 1. The van der Waals surface area contributed by atoms with Gasteiger partial charge in [-0.15, -0.1) is 0 Å². The molecule has 3 aromatic rings. The van der Waals surface area contributed by atoms with Crippen molar-refractivity contribution in [3.63, 3.8) is 0 Å². The molecule has 0 saturated heterocycles. The summed E-state index contributed by atoms with van der Waals surface area (Å²) in [6.07, 6.45) is 0. The summed E-state index contributed by atoms with van der Waals surface area (Å²) >= 11 is 0. The summed E-state index contributed by atoms with van der Waals surface area (Å²) in [6, 6.07) is 14.4. The van der Waals surface area contributed by atoms with Gasteiger partial charge in [-0.1, -0.05) is 25.6 Å². The Kier molecular flexibility index (Phi) is 4.65. The van der Waals surface area contributed by atoms with Crippen molar-refractivity contribution in [2.24, 2.45) is 0 Å². The molecule has 2 aromatic carbocycles. The van der Waals surface area contributed by atoms with Crippen molar-refractivity contribution in [3.05, 3.63) is 65.4 Å². The molecule has 0 radical (unpaired) electrons. The van der Waals surface area contributed by atoms with Crippen LogP contribution in [0.3, 0.4) is 0 Å². The molecule has 1 amide bonds. The fourth-order valence-electron chi connectivity index (χ4n) is 2.42. The van der Waals surface area contributed by atoms with E-state index >= 15 is 0 Å². The Balaban J connectivity index is 0.00000192. The largest absolute Gasteiger partial charge is 0.451 e. The molecule has 1 heterocycles. The number of para-hydroxylation sites is 1. The van der Waals surface area contributed by atoms with Gasteiger partial charge in [0.2, 0.25) is 0 Å². The van der Waals surface area contributed by atoms with E-state index in [4.69, 9.17) is 4.42 Å². The van der Waals surface area contributed by atoms with E-state index in [2.05, 4.69) is 5.32 Å². The van der Waals surface area contributed by atoms with Crippen LogP contribution in [0.25, 0.3) is 11.0 Å². The van der Waals surface area contributed by atoms with Crippen LogP contribution in [0.1, 0.15) is 40.8 Å². The summed E-state index contributed by atoms with van der Waals surface area (Å²) in [7, 11) is 0. The summed E-state index contributed by atoms with van der Waals surface area (Å²) < 4.78 is 5.53. The monoisotopic (exact) mass is 309 g/mol. The molecule has 3 rings (SSSR count). The number of carbonyl (C=O) groups is 2. The second-order valence-corrected chi connectivity index (χ2v) is 5.19. The molecule has 0 aliphatic rings. The van der Waals surface area contributed by atoms with Crippen LogP contribution in [-0.2, 0) is 0 Å². The van der Waals surface area contributed by atoms with Crippen LogP contribution < -0.4 is 5.32 Å². The van der Waals surface area contributed by atoms with Crippen LogP contribution in [0.5, 0.6) is 0 Å². The smallest absolute Gasteiger partial charge is 0.291 e. The summed E-state index contributed by atoms with van der Waals surface area (Å²) in [5.41, 5.74) is 2.79. The minimum absolute atomic E-state index is 0. The van der Waals surface area contributed by atoms with Gasteiger partial charge in [-0.05, 0) is 49.7 Å². The average molecular weight is 309 g/mol. The molecule has 0 fully saturated rings. The highest BCUT2D eigenvalue weighted by atomic mass is 16.3. The number of ketones is 1. The Morgan fingerprint density at radius 1 is 1.04 bits per heavy atom. The topological polar surface area (TPSA) is 59.3 Å². The number of Topliss-reactive ketones (excluding diaryl/α,β-unsaturated/α-hetero) is 1. The van der Waals surface area contributed by atoms with Gasteiger partial charge in [0.25, 0.3) is 5.91 Å².